The maximum absolute atomic E-state index is 13.2. The molecule has 35 heavy (non-hydrogen) atoms. The number of amides is 1. The highest BCUT2D eigenvalue weighted by Crippen LogP contribution is 2.23. The van der Waals surface area contributed by atoms with Gasteiger partial charge in [0.1, 0.15) is 22.9 Å². The molecule has 1 unspecified atom stereocenters. The van der Waals surface area contributed by atoms with Crippen LogP contribution in [0.15, 0.2) is 35.4 Å². The highest BCUT2D eigenvalue weighted by atomic mass is 16.5. The van der Waals surface area contributed by atoms with Crippen LogP contribution in [0, 0.1) is 0 Å². The fourth-order valence-corrected chi connectivity index (χ4v) is 4.90. The fourth-order valence-electron chi connectivity index (χ4n) is 4.90. The van der Waals surface area contributed by atoms with Gasteiger partial charge in [0, 0.05) is 32.0 Å². The molecular formula is C24H31N7O4. The Balaban J connectivity index is 1.43. The Morgan fingerprint density at radius 3 is 2.91 bits per heavy atom. The predicted molar refractivity (Wildman–Crippen MR) is 131 cm³/mol. The smallest absolute Gasteiger partial charge is 0.274 e. The molecule has 1 aliphatic carbocycles. The van der Waals surface area contributed by atoms with Gasteiger partial charge < -0.3 is 30.4 Å². The summed E-state index contributed by atoms with van der Waals surface area (Å²) in [5, 5.41) is 23.5. The van der Waals surface area contributed by atoms with E-state index in [0.29, 0.717) is 41.6 Å². The van der Waals surface area contributed by atoms with Gasteiger partial charge in [0.25, 0.3) is 11.5 Å². The lowest BCUT2D eigenvalue weighted by Crippen LogP contribution is -2.39. The van der Waals surface area contributed by atoms with Gasteiger partial charge in [0.2, 0.25) is 0 Å². The summed E-state index contributed by atoms with van der Waals surface area (Å²) in [4.78, 5) is 30.8. The summed E-state index contributed by atoms with van der Waals surface area (Å²) < 4.78 is 8.81. The summed E-state index contributed by atoms with van der Waals surface area (Å²) >= 11 is 0. The van der Waals surface area contributed by atoms with Crippen molar-refractivity contribution in [3.63, 3.8) is 0 Å². The zero-order valence-corrected chi connectivity index (χ0v) is 19.7. The van der Waals surface area contributed by atoms with E-state index in [4.69, 9.17) is 4.74 Å². The second kappa shape index (κ2) is 10.0. The molecule has 0 aromatic carbocycles. The number of carbonyl (C=O) groups excluding carboxylic acids is 1. The molecule has 0 bridgehead atoms. The van der Waals surface area contributed by atoms with E-state index in [1.807, 2.05) is 6.07 Å². The maximum Gasteiger partial charge on any atom is 0.274 e. The highest BCUT2D eigenvalue weighted by Gasteiger charge is 2.25. The minimum Gasteiger partial charge on any atom is -0.393 e. The first-order valence-electron chi connectivity index (χ1n) is 12.1. The zero-order valence-electron chi connectivity index (χ0n) is 19.7. The molecule has 4 N–H and O–H groups in total. The first kappa shape index (κ1) is 23.3. The van der Waals surface area contributed by atoms with Crippen LogP contribution >= 0.6 is 0 Å². The van der Waals surface area contributed by atoms with Gasteiger partial charge in [-0.2, -0.15) is 9.61 Å². The number of ether oxygens (including phenoxy) is 1. The third kappa shape index (κ3) is 4.87. The van der Waals surface area contributed by atoms with Gasteiger partial charge in [0.05, 0.1) is 24.9 Å². The number of anilines is 3. The van der Waals surface area contributed by atoms with Crippen LogP contribution in [0.2, 0.25) is 0 Å². The Morgan fingerprint density at radius 1 is 1.26 bits per heavy atom. The Kier molecular flexibility index (Phi) is 6.69. The number of nitrogens with one attached hydrogen (secondary N) is 3. The monoisotopic (exact) mass is 481 g/mol. The number of rotatable bonds is 6. The number of aliphatic hydroxyl groups excluding tert-OH is 1. The molecule has 3 aromatic rings. The molecule has 1 saturated heterocycles. The number of nitrogens with zero attached hydrogens (tertiary/aromatic N) is 4. The van der Waals surface area contributed by atoms with Crippen molar-refractivity contribution in [3.05, 3.63) is 46.5 Å². The first-order valence-corrected chi connectivity index (χ1v) is 12.1. The molecule has 2 fully saturated rings. The number of hydrogen-bond acceptors (Lipinski definition) is 8. The molecule has 0 spiro atoms. The lowest BCUT2D eigenvalue weighted by atomic mass is 9.93. The Morgan fingerprint density at radius 2 is 2.14 bits per heavy atom. The third-order valence-electron chi connectivity index (χ3n) is 6.72. The summed E-state index contributed by atoms with van der Waals surface area (Å²) in [5.74, 6) is 0.742. The lowest BCUT2D eigenvalue weighted by molar-refractivity contribution is 0.0580. The largest absolute Gasteiger partial charge is 0.393 e. The average Bonchev–Trinajstić information content (AvgIpc) is 3.29. The molecule has 0 radical (unpaired) electrons. The molecule has 4 heterocycles. The van der Waals surface area contributed by atoms with Crippen molar-refractivity contribution in [1.82, 2.24) is 24.5 Å². The van der Waals surface area contributed by atoms with E-state index in [1.165, 1.54) is 6.20 Å². The van der Waals surface area contributed by atoms with E-state index in [0.717, 1.165) is 38.7 Å². The summed E-state index contributed by atoms with van der Waals surface area (Å²) in [7, 11) is 1.75. The van der Waals surface area contributed by atoms with E-state index < -0.39 is 6.10 Å². The molecule has 3 aromatic heterocycles. The molecule has 11 heteroatoms. The van der Waals surface area contributed by atoms with Crippen molar-refractivity contribution in [1.29, 1.82) is 0 Å². The SMILES string of the molecule is CNc1cc(Nc2cccn(C3CCCOC3)c2=O)nc2c(C(=O)N[C@@H]3CCC[C@@H](O)C3)cnn12. The molecular weight excluding hydrogens is 450 g/mol. The standard InChI is InChI=1S/C24H31N7O4/c1-25-21-12-20(28-19-8-3-9-30(24(19)34)16-6-4-10-35-14-16)29-22-18(13-26-31(21)22)23(33)27-15-5-2-7-17(32)11-15/h3,8-9,12-13,15-17,25,32H,2,4-7,10-11,14H2,1H3,(H,27,33)(H,28,29)/t15-,16?,17-/m1/s1. The van der Waals surface area contributed by atoms with Crippen LogP contribution in [0.4, 0.5) is 17.3 Å². The average molecular weight is 482 g/mol. The van der Waals surface area contributed by atoms with Crippen LogP contribution in [-0.4, -0.2) is 62.6 Å². The number of pyridine rings is 1. The second-order valence-electron chi connectivity index (χ2n) is 9.19. The second-order valence-corrected chi connectivity index (χ2v) is 9.19. The molecule has 1 amide bonds. The Bertz CT molecular complexity index is 1260. The minimum atomic E-state index is -0.391. The van der Waals surface area contributed by atoms with Gasteiger partial charge in [-0.15, -0.1) is 0 Å². The summed E-state index contributed by atoms with van der Waals surface area (Å²) in [5.41, 5.74) is 0.928. The van der Waals surface area contributed by atoms with Crippen molar-refractivity contribution in [2.75, 3.05) is 30.9 Å². The number of fused-ring (bicyclic) bond motifs is 1. The molecule has 1 aliphatic heterocycles. The van der Waals surface area contributed by atoms with Crippen LogP contribution in [0.5, 0.6) is 0 Å². The molecule has 2 aliphatic rings. The molecule has 186 valence electrons. The predicted octanol–water partition coefficient (Wildman–Crippen LogP) is 2.06. The van der Waals surface area contributed by atoms with Crippen LogP contribution in [0.1, 0.15) is 54.9 Å². The summed E-state index contributed by atoms with van der Waals surface area (Å²) in [6.45, 7) is 1.24. The van der Waals surface area contributed by atoms with E-state index in [-0.39, 0.29) is 23.6 Å². The topological polar surface area (TPSA) is 135 Å². The van der Waals surface area contributed by atoms with E-state index in [1.54, 1.807) is 34.5 Å². The molecule has 5 rings (SSSR count). The minimum absolute atomic E-state index is 0.00439. The van der Waals surface area contributed by atoms with Crippen molar-refractivity contribution in [3.8, 4) is 0 Å². The highest BCUT2D eigenvalue weighted by molar-refractivity contribution is 6.00. The Labute approximate surface area is 202 Å². The number of aromatic nitrogens is 4. The van der Waals surface area contributed by atoms with Crippen molar-refractivity contribution >= 4 is 28.9 Å². The van der Waals surface area contributed by atoms with Crippen LogP contribution < -0.4 is 21.5 Å². The molecule has 11 nitrogen and oxygen atoms in total. The normalized spacial score (nSPS) is 22.6. The van der Waals surface area contributed by atoms with Crippen molar-refractivity contribution < 1.29 is 14.6 Å². The van der Waals surface area contributed by atoms with Gasteiger partial charge in [-0.1, -0.05) is 0 Å². The van der Waals surface area contributed by atoms with E-state index in [2.05, 4.69) is 26.0 Å². The lowest BCUT2D eigenvalue weighted by Gasteiger charge is -2.26. The van der Waals surface area contributed by atoms with Gasteiger partial charge in [-0.05, 0) is 50.7 Å². The van der Waals surface area contributed by atoms with Crippen molar-refractivity contribution in [2.45, 2.75) is 56.7 Å². The molecule has 1 saturated carbocycles. The Hall–Kier alpha value is -3.44. The van der Waals surface area contributed by atoms with E-state index in [9.17, 15) is 14.7 Å². The fraction of sp³-hybridized carbons (Fsp3) is 0.500. The summed E-state index contributed by atoms with van der Waals surface area (Å²) in [6, 6.07) is 5.19. The quantitative estimate of drug-likeness (QED) is 0.420. The van der Waals surface area contributed by atoms with Crippen LogP contribution in [-0.2, 0) is 4.74 Å². The molecule has 3 atom stereocenters. The van der Waals surface area contributed by atoms with Gasteiger partial charge in [-0.3, -0.25) is 9.59 Å². The third-order valence-corrected chi connectivity index (χ3v) is 6.72. The van der Waals surface area contributed by atoms with Crippen LogP contribution in [0.3, 0.4) is 0 Å². The van der Waals surface area contributed by atoms with Gasteiger partial charge >= 0.3 is 0 Å². The first-order chi connectivity index (χ1) is 17.0. The summed E-state index contributed by atoms with van der Waals surface area (Å²) in [6.07, 6.45) is 7.70. The van der Waals surface area contributed by atoms with E-state index >= 15 is 0 Å². The van der Waals surface area contributed by atoms with Crippen molar-refractivity contribution in [2.24, 2.45) is 0 Å². The number of aliphatic hydroxyl groups is 1. The maximum atomic E-state index is 13.2. The van der Waals surface area contributed by atoms with Gasteiger partial charge in [-0.25, -0.2) is 4.98 Å². The van der Waals surface area contributed by atoms with Crippen LogP contribution in [0.25, 0.3) is 5.65 Å². The number of carbonyl (C=O) groups is 1. The van der Waals surface area contributed by atoms with Gasteiger partial charge in [0.15, 0.2) is 5.65 Å². The zero-order chi connectivity index (χ0) is 24.4. The number of hydrogen-bond donors (Lipinski definition) is 4.